The molecular formula is C11H19N5. The van der Waals surface area contributed by atoms with E-state index in [9.17, 15) is 0 Å². The third-order valence-corrected chi connectivity index (χ3v) is 3.14. The van der Waals surface area contributed by atoms with Crippen molar-refractivity contribution in [1.82, 2.24) is 9.97 Å². The Bertz CT molecular complexity index is 345. The molecular weight excluding hydrogens is 202 g/mol. The molecule has 5 heteroatoms. The fourth-order valence-electron chi connectivity index (χ4n) is 2.35. The lowest BCUT2D eigenvalue weighted by atomic mass is 10.0. The summed E-state index contributed by atoms with van der Waals surface area (Å²) in [6, 6.07) is 2.37. The van der Waals surface area contributed by atoms with Crippen LogP contribution < -0.4 is 16.4 Å². The number of nitrogens with two attached hydrogens (primary N) is 2. The standard InChI is InChI=1S/C11H19N5/c1-2-8-5-3-4-6-16(8)10-7-9(12)14-11(13)15-10/h7-8H,2-6H2,1H3,(H4,12,13,14,15). The van der Waals surface area contributed by atoms with Crippen molar-refractivity contribution in [1.29, 1.82) is 0 Å². The average molecular weight is 221 g/mol. The van der Waals surface area contributed by atoms with E-state index in [0.29, 0.717) is 11.9 Å². The lowest BCUT2D eigenvalue weighted by Gasteiger charge is -2.36. The molecule has 2 rings (SSSR count). The Morgan fingerprint density at radius 2 is 2.19 bits per heavy atom. The zero-order chi connectivity index (χ0) is 11.5. The summed E-state index contributed by atoms with van der Waals surface area (Å²) >= 11 is 0. The van der Waals surface area contributed by atoms with Gasteiger partial charge < -0.3 is 16.4 Å². The lowest BCUT2D eigenvalue weighted by molar-refractivity contribution is 0.447. The zero-order valence-electron chi connectivity index (χ0n) is 9.69. The minimum Gasteiger partial charge on any atom is -0.383 e. The summed E-state index contributed by atoms with van der Waals surface area (Å²) in [5, 5.41) is 0. The normalized spacial score (nSPS) is 21.1. The smallest absolute Gasteiger partial charge is 0.223 e. The zero-order valence-corrected chi connectivity index (χ0v) is 9.69. The van der Waals surface area contributed by atoms with E-state index in [1.54, 1.807) is 0 Å². The maximum Gasteiger partial charge on any atom is 0.223 e. The third-order valence-electron chi connectivity index (χ3n) is 3.14. The third kappa shape index (κ3) is 2.18. The van der Waals surface area contributed by atoms with Gasteiger partial charge in [-0.3, -0.25) is 0 Å². The van der Waals surface area contributed by atoms with Crippen LogP contribution >= 0.6 is 0 Å². The van der Waals surface area contributed by atoms with Gasteiger partial charge in [0.15, 0.2) is 0 Å². The van der Waals surface area contributed by atoms with E-state index in [0.717, 1.165) is 18.8 Å². The average Bonchev–Trinajstić information content (AvgIpc) is 2.27. The first-order valence-corrected chi connectivity index (χ1v) is 5.87. The van der Waals surface area contributed by atoms with Crippen LogP contribution in [0.25, 0.3) is 0 Å². The molecule has 1 aliphatic rings. The van der Waals surface area contributed by atoms with Gasteiger partial charge in [0, 0.05) is 18.7 Å². The molecule has 2 heterocycles. The maximum absolute atomic E-state index is 5.70. The molecule has 1 aromatic heterocycles. The summed E-state index contributed by atoms with van der Waals surface area (Å²) in [7, 11) is 0. The molecule has 0 aliphatic carbocycles. The molecule has 4 N–H and O–H groups in total. The molecule has 0 radical (unpaired) electrons. The number of nitrogen functional groups attached to an aromatic ring is 2. The van der Waals surface area contributed by atoms with E-state index in [-0.39, 0.29) is 5.95 Å². The second kappa shape index (κ2) is 4.55. The summed E-state index contributed by atoms with van der Waals surface area (Å²) in [5.74, 6) is 1.58. The van der Waals surface area contributed by atoms with Gasteiger partial charge in [-0.1, -0.05) is 6.92 Å². The van der Waals surface area contributed by atoms with Gasteiger partial charge >= 0.3 is 0 Å². The molecule has 0 saturated carbocycles. The van der Waals surface area contributed by atoms with E-state index >= 15 is 0 Å². The van der Waals surface area contributed by atoms with Crippen LogP contribution in [0.2, 0.25) is 0 Å². The number of hydrogen-bond donors (Lipinski definition) is 2. The van der Waals surface area contributed by atoms with E-state index in [4.69, 9.17) is 11.5 Å². The SMILES string of the molecule is CCC1CCCCN1c1cc(N)nc(N)n1. The number of anilines is 3. The van der Waals surface area contributed by atoms with Crippen molar-refractivity contribution in [2.24, 2.45) is 0 Å². The van der Waals surface area contributed by atoms with Gasteiger partial charge in [0.1, 0.15) is 11.6 Å². The second-order valence-corrected chi connectivity index (χ2v) is 4.26. The second-order valence-electron chi connectivity index (χ2n) is 4.26. The molecule has 1 fully saturated rings. The Kier molecular flexibility index (Phi) is 3.12. The Morgan fingerprint density at radius 1 is 1.38 bits per heavy atom. The van der Waals surface area contributed by atoms with Crippen molar-refractivity contribution in [3.63, 3.8) is 0 Å². The van der Waals surface area contributed by atoms with E-state index in [1.165, 1.54) is 19.3 Å². The predicted molar refractivity (Wildman–Crippen MR) is 66.1 cm³/mol. The van der Waals surface area contributed by atoms with Crippen molar-refractivity contribution >= 4 is 17.6 Å². The molecule has 0 amide bonds. The quantitative estimate of drug-likeness (QED) is 0.789. The fraction of sp³-hybridized carbons (Fsp3) is 0.636. The maximum atomic E-state index is 5.70. The van der Waals surface area contributed by atoms with Crippen LogP contribution in [0.5, 0.6) is 0 Å². The Labute approximate surface area is 95.9 Å². The molecule has 1 unspecified atom stereocenters. The van der Waals surface area contributed by atoms with Gasteiger partial charge in [-0.05, 0) is 25.7 Å². The monoisotopic (exact) mass is 221 g/mol. The largest absolute Gasteiger partial charge is 0.383 e. The van der Waals surface area contributed by atoms with E-state index in [2.05, 4.69) is 21.8 Å². The summed E-state index contributed by atoms with van der Waals surface area (Å²) in [5.41, 5.74) is 11.3. The summed E-state index contributed by atoms with van der Waals surface area (Å²) in [6.07, 6.45) is 4.86. The Hall–Kier alpha value is -1.52. The summed E-state index contributed by atoms with van der Waals surface area (Å²) in [4.78, 5) is 10.5. The van der Waals surface area contributed by atoms with Crippen LogP contribution in [0.15, 0.2) is 6.07 Å². The van der Waals surface area contributed by atoms with Gasteiger partial charge in [-0.2, -0.15) is 9.97 Å². The van der Waals surface area contributed by atoms with Crippen molar-refractivity contribution in [3.8, 4) is 0 Å². The highest BCUT2D eigenvalue weighted by Crippen LogP contribution is 2.26. The minimum absolute atomic E-state index is 0.260. The van der Waals surface area contributed by atoms with Crippen molar-refractivity contribution in [3.05, 3.63) is 6.07 Å². The van der Waals surface area contributed by atoms with Gasteiger partial charge in [0.05, 0.1) is 0 Å². The highest BCUT2D eigenvalue weighted by atomic mass is 15.2. The molecule has 1 atom stereocenters. The van der Waals surface area contributed by atoms with Gasteiger partial charge in [-0.25, -0.2) is 0 Å². The number of piperidine rings is 1. The highest BCUT2D eigenvalue weighted by Gasteiger charge is 2.22. The summed E-state index contributed by atoms with van der Waals surface area (Å²) < 4.78 is 0. The van der Waals surface area contributed by atoms with Crippen LogP contribution in [0.3, 0.4) is 0 Å². The van der Waals surface area contributed by atoms with E-state index < -0.39 is 0 Å². The Balaban J connectivity index is 2.26. The first-order chi connectivity index (χ1) is 7.70. The lowest BCUT2D eigenvalue weighted by Crippen LogP contribution is -2.39. The van der Waals surface area contributed by atoms with Gasteiger partial charge in [-0.15, -0.1) is 0 Å². The van der Waals surface area contributed by atoms with Crippen molar-refractivity contribution < 1.29 is 0 Å². The molecule has 0 aromatic carbocycles. The predicted octanol–water partition coefficient (Wildman–Crippen LogP) is 1.41. The Morgan fingerprint density at radius 3 is 2.88 bits per heavy atom. The van der Waals surface area contributed by atoms with Crippen LogP contribution in [-0.2, 0) is 0 Å². The molecule has 1 saturated heterocycles. The fourth-order valence-corrected chi connectivity index (χ4v) is 2.35. The molecule has 5 nitrogen and oxygen atoms in total. The van der Waals surface area contributed by atoms with Crippen LogP contribution in [0.1, 0.15) is 32.6 Å². The van der Waals surface area contributed by atoms with E-state index in [1.807, 2.05) is 6.07 Å². The van der Waals surface area contributed by atoms with Crippen molar-refractivity contribution in [2.45, 2.75) is 38.6 Å². The van der Waals surface area contributed by atoms with Gasteiger partial charge in [0.2, 0.25) is 5.95 Å². The van der Waals surface area contributed by atoms with Crippen LogP contribution in [-0.4, -0.2) is 22.6 Å². The molecule has 0 bridgehead atoms. The molecule has 16 heavy (non-hydrogen) atoms. The molecule has 0 spiro atoms. The highest BCUT2D eigenvalue weighted by molar-refractivity contribution is 5.51. The number of rotatable bonds is 2. The molecule has 88 valence electrons. The van der Waals surface area contributed by atoms with Gasteiger partial charge in [0.25, 0.3) is 0 Å². The first kappa shape index (κ1) is 11.0. The van der Waals surface area contributed by atoms with Crippen molar-refractivity contribution in [2.75, 3.05) is 22.9 Å². The minimum atomic E-state index is 0.260. The molecule has 1 aromatic rings. The van der Waals surface area contributed by atoms with Crippen LogP contribution in [0.4, 0.5) is 17.6 Å². The number of aromatic nitrogens is 2. The number of hydrogen-bond acceptors (Lipinski definition) is 5. The topological polar surface area (TPSA) is 81.1 Å². The van der Waals surface area contributed by atoms with Crippen LogP contribution in [0, 0.1) is 0 Å². The summed E-state index contributed by atoms with van der Waals surface area (Å²) in [6.45, 7) is 3.24. The molecule has 1 aliphatic heterocycles. The number of nitrogens with zero attached hydrogens (tertiary/aromatic N) is 3. The first-order valence-electron chi connectivity index (χ1n) is 5.87.